The van der Waals surface area contributed by atoms with E-state index in [1.54, 1.807) is 6.07 Å². The normalized spacial score (nSPS) is 11.8. The third-order valence-electron chi connectivity index (χ3n) is 3.28. The summed E-state index contributed by atoms with van der Waals surface area (Å²) in [6, 6.07) is 11.8. The van der Waals surface area contributed by atoms with Gasteiger partial charge in [-0.1, -0.05) is 37.3 Å². The second-order valence-corrected chi connectivity index (χ2v) is 5.72. The number of hydrogen-bond donors (Lipinski definition) is 1. The van der Waals surface area contributed by atoms with Crippen molar-refractivity contribution in [3.63, 3.8) is 0 Å². The SMILES string of the molecule is CCc1cc(C(=O)N=c2sccn2Cc2ccccc2)n[nH]1. The summed E-state index contributed by atoms with van der Waals surface area (Å²) < 4.78 is 1.96. The summed E-state index contributed by atoms with van der Waals surface area (Å²) in [7, 11) is 0. The highest BCUT2D eigenvalue weighted by molar-refractivity contribution is 7.07. The molecule has 0 aliphatic rings. The van der Waals surface area contributed by atoms with Crippen LogP contribution >= 0.6 is 11.3 Å². The van der Waals surface area contributed by atoms with Gasteiger partial charge in [0.1, 0.15) is 0 Å². The minimum absolute atomic E-state index is 0.319. The van der Waals surface area contributed by atoms with E-state index in [-0.39, 0.29) is 5.91 Å². The van der Waals surface area contributed by atoms with E-state index in [1.165, 1.54) is 16.9 Å². The smallest absolute Gasteiger partial charge is 0.300 e. The minimum atomic E-state index is -0.319. The summed E-state index contributed by atoms with van der Waals surface area (Å²) in [6.45, 7) is 2.70. The highest BCUT2D eigenvalue weighted by atomic mass is 32.1. The fraction of sp³-hybridized carbons (Fsp3) is 0.188. The van der Waals surface area contributed by atoms with Crippen LogP contribution in [0.2, 0.25) is 0 Å². The number of aromatic nitrogens is 3. The number of carbonyl (C=O) groups is 1. The Morgan fingerprint density at radius 2 is 2.18 bits per heavy atom. The zero-order valence-corrected chi connectivity index (χ0v) is 13.0. The Morgan fingerprint density at radius 1 is 1.36 bits per heavy atom. The number of benzene rings is 1. The number of nitrogens with one attached hydrogen (secondary N) is 1. The van der Waals surface area contributed by atoms with Gasteiger partial charge < -0.3 is 4.57 Å². The van der Waals surface area contributed by atoms with Crippen LogP contribution in [0, 0.1) is 0 Å². The van der Waals surface area contributed by atoms with Gasteiger partial charge in [-0.2, -0.15) is 10.1 Å². The van der Waals surface area contributed by atoms with E-state index in [0.717, 1.165) is 12.1 Å². The van der Waals surface area contributed by atoms with Crippen molar-refractivity contribution in [3.05, 3.63) is 69.7 Å². The van der Waals surface area contributed by atoms with Gasteiger partial charge in [0, 0.05) is 23.8 Å². The van der Waals surface area contributed by atoms with Crippen LogP contribution in [0.1, 0.15) is 28.7 Å². The van der Waals surface area contributed by atoms with E-state index in [1.807, 2.05) is 41.3 Å². The number of thiazole rings is 1. The summed E-state index contributed by atoms with van der Waals surface area (Å²) >= 11 is 1.44. The topological polar surface area (TPSA) is 63.0 Å². The maximum atomic E-state index is 12.2. The number of hydrogen-bond acceptors (Lipinski definition) is 3. The lowest BCUT2D eigenvalue weighted by atomic mass is 10.2. The molecule has 112 valence electrons. The van der Waals surface area contributed by atoms with Gasteiger partial charge in [-0.3, -0.25) is 9.89 Å². The van der Waals surface area contributed by atoms with Gasteiger partial charge in [0.15, 0.2) is 10.5 Å². The molecule has 1 amide bonds. The first-order valence-corrected chi connectivity index (χ1v) is 7.95. The van der Waals surface area contributed by atoms with E-state index in [9.17, 15) is 4.79 Å². The van der Waals surface area contributed by atoms with Crippen molar-refractivity contribution < 1.29 is 4.79 Å². The monoisotopic (exact) mass is 312 g/mol. The number of nitrogens with zero attached hydrogens (tertiary/aromatic N) is 3. The molecule has 0 fully saturated rings. The lowest BCUT2D eigenvalue weighted by Gasteiger charge is -2.02. The number of rotatable bonds is 4. The van der Waals surface area contributed by atoms with Crippen LogP contribution in [-0.4, -0.2) is 20.7 Å². The third-order valence-corrected chi connectivity index (χ3v) is 4.08. The molecule has 3 rings (SSSR count). The Labute approximate surface area is 132 Å². The molecule has 22 heavy (non-hydrogen) atoms. The zero-order chi connectivity index (χ0) is 15.4. The summed E-state index contributed by atoms with van der Waals surface area (Å²) in [5, 5.41) is 8.77. The van der Waals surface area contributed by atoms with Crippen molar-refractivity contribution in [1.82, 2.24) is 14.8 Å². The molecular formula is C16H16N4OS. The average molecular weight is 312 g/mol. The maximum absolute atomic E-state index is 12.2. The number of aryl methyl sites for hydroxylation is 1. The Morgan fingerprint density at radius 3 is 2.91 bits per heavy atom. The fourth-order valence-electron chi connectivity index (χ4n) is 2.08. The Balaban J connectivity index is 1.86. The molecule has 2 heterocycles. The van der Waals surface area contributed by atoms with Gasteiger partial charge >= 0.3 is 0 Å². The molecule has 3 aromatic rings. The summed E-state index contributed by atoms with van der Waals surface area (Å²) in [5.41, 5.74) is 2.46. The van der Waals surface area contributed by atoms with Crippen molar-refractivity contribution in [2.45, 2.75) is 19.9 Å². The van der Waals surface area contributed by atoms with Crippen LogP contribution in [0.25, 0.3) is 0 Å². The first-order valence-electron chi connectivity index (χ1n) is 7.07. The molecule has 6 heteroatoms. The van der Waals surface area contributed by atoms with Crippen LogP contribution < -0.4 is 4.80 Å². The van der Waals surface area contributed by atoms with Crippen molar-refractivity contribution in [2.24, 2.45) is 4.99 Å². The van der Waals surface area contributed by atoms with Crippen LogP contribution in [0.15, 0.2) is 53.0 Å². The van der Waals surface area contributed by atoms with Crippen molar-refractivity contribution in [3.8, 4) is 0 Å². The predicted molar refractivity (Wildman–Crippen MR) is 85.7 cm³/mol. The van der Waals surface area contributed by atoms with E-state index < -0.39 is 0 Å². The molecule has 0 saturated heterocycles. The molecule has 5 nitrogen and oxygen atoms in total. The van der Waals surface area contributed by atoms with Gasteiger partial charge in [0.2, 0.25) is 0 Å². The van der Waals surface area contributed by atoms with E-state index in [0.29, 0.717) is 17.0 Å². The molecule has 2 aromatic heterocycles. The Bertz CT molecular complexity index is 829. The average Bonchev–Trinajstić information content (AvgIpc) is 3.18. The van der Waals surface area contributed by atoms with Crippen LogP contribution in [0.3, 0.4) is 0 Å². The molecule has 0 atom stereocenters. The van der Waals surface area contributed by atoms with Crippen LogP contribution in [-0.2, 0) is 13.0 Å². The number of carbonyl (C=O) groups excluding carboxylic acids is 1. The summed E-state index contributed by atoms with van der Waals surface area (Å²) in [6.07, 6.45) is 2.75. The molecule has 0 radical (unpaired) electrons. The van der Waals surface area contributed by atoms with Gasteiger partial charge in [0.05, 0.1) is 0 Å². The summed E-state index contributed by atoms with van der Waals surface area (Å²) in [4.78, 5) is 17.1. The van der Waals surface area contributed by atoms with Crippen LogP contribution in [0.5, 0.6) is 0 Å². The largest absolute Gasteiger partial charge is 0.319 e. The van der Waals surface area contributed by atoms with Gasteiger partial charge in [-0.15, -0.1) is 11.3 Å². The molecule has 0 aliphatic heterocycles. The Kier molecular flexibility index (Phi) is 4.29. The molecule has 0 bridgehead atoms. The minimum Gasteiger partial charge on any atom is -0.319 e. The highest BCUT2D eigenvalue weighted by Crippen LogP contribution is 2.04. The second kappa shape index (κ2) is 6.53. The lowest BCUT2D eigenvalue weighted by Crippen LogP contribution is -2.17. The lowest BCUT2D eigenvalue weighted by molar-refractivity contribution is 0.0993. The molecule has 0 unspecified atom stereocenters. The molecule has 1 N–H and O–H groups in total. The van der Waals surface area contributed by atoms with E-state index >= 15 is 0 Å². The van der Waals surface area contributed by atoms with Gasteiger partial charge in [-0.25, -0.2) is 0 Å². The van der Waals surface area contributed by atoms with E-state index in [2.05, 4.69) is 27.3 Å². The highest BCUT2D eigenvalue weighted by Gasteiger charge is 2.09. The predicted octanol–water partition coefficient (Wildman–Crippen LogP) is 2.62. The summed E-state index contributed by atoms with van der Waals surface area (Å²) in [5.74, 6) is -0.319. The first-order chi connectivity index (χ1) is 10.8. The maximum Gasteiger partial charge on any atom is 0.300 e. The Hall–Kier alpha value is -2.47. The molecule has 1 aromatic carbocycles. The third kappa shape index (κ3) is 3.23. The number of amides is 1. The molecule has 0 saturated carbocycles. The zero-order valence-electron chi connectivity index (χ0n) is 12.2. The number of H-pyrrole nitrogens is 1. The van der Waals surface area contributed by atoms with Crippen LogP contribution in [0.4, 0.5) is 0 Å². The van der Waals surface area contributed by atoms with E-state index in [4.69, 9.17) is 0 Å². The molecule has 0 spiro atoms. The fourth-order valence-corrected chi connectivity index (χ4v) is 2.81. The van der Waals surface area contributed by atoms with Crippen molar-refractivity contribution in [1.29, 1.82) is 0 Å². The van der Waals surface area contributed by atoms with Crippen molar-refractivity contribution in [2.75, 3.05) is 0 Å². The molecular weight excluding hydrogens is 296 g/mol. The second-order valence-electron chi connectivity index (χ2n) is 4.85. The van der Waals surface area contributed by atoms with Gasteiger partial charge in [-0.05, 0) is 18.1 Å². The first kappa shape index (κ1) is 14.5. The molecule has 0 aliphatic carbocycles. The van der Waals surface area contributed by atoms with Crippen molar-refractivity contribution >= 4 is 17.2 Å². The quantitative estimate of drug-likeness (QED) is 0.805. The van der Waals surface area contributed by atoms with Gasteiger partial charge in [0.25, 0.3) is 5.91 Å². The number of aromatic amines is 1. The standard InChI is InChI=1S/C16H16N4OS/c1-2-13-10-14(19-18-13)15(21)17-16-20(8-9-22-16)11-12-6-4-3-5-7-12/h3-10H,2,11H2,1H3,(H,18,19).